The van der Waals surface area contributed by atoms with E-state index in [-0.39, 0.29) is 16.7 Å². The minimum atomic E-state index is -0.510. The van der Waals surface area contributed by atoms with E-state index in [4.69, 9.17) is 0 Å². The van der Waals surface area contributed by atoms with E-state index in [2.05, 4.69) is 20.7 Å². The molecule has 0 radical (unpaired) electrons. The molecule has 0 unspecified atom stereocenters. The van der Waals surface area contributed by atoms with E-state index in [1.807, 2.05) is 13.8 Å². The van der Waals surface area contributed by atoms with Crippen molar-refractivity contribution in [1.29, 1.82) is 0 Å². The summed E-state index contributed by atoms with van der Waals surface area (Å²) in [5.74, 6) is 0.0715. The maximum atomic E-state index is 11.6. The van der Waals surface area contributed by atoms with E-state index in [0.717, 1.165) is 0 Å². The van der Waals surface area contributed by atoms with Crippen LogP contribution in [0.5, 0.6) is 0 Å². The SMILES string of the molecule is C[C@H](Br)[C@H](C)CC(=O)N1CCOC1=O. The van der Waals surface area contributed by atoms with Crippen LogP contribution in [0.1, 0.15) is 20.3 Å². The third kappa shape index (κ3) is 2.70. The van der Waals surface area contributed by atoms with E-state index < -0.39 is 6.09 Å². The van der Waals surface area contributed by atoms with Gasteiger partial charge < -0.3 is 4.74 Å². The number of hydrogen-bond acceptors (Lipinski definition) is 3. The van der Waals surface area contributed by atoms with E-state index in [9.17, 15) is 9.59 Å². The molecule has 4 nitrogen and oxygen atoms in total. The van der Waals surface area contributed by atoms with Gasteiger partial charge in [-0.15, -0.1) is 0 Å². The third-order valence-electron chi connectivity index (χ3n) is 2.34. The van der Waals surface area contributed by atoms with Gasteiger partial charge in [-0.1, -0.05) is 29.8 Å². The molecule has 1 fully saturated rings. The lowest BCUT2D eigenvalue weighted by Crippen LogP contribution is -2.33. The Balaban J connectivity index is 2.45. The van der Waals surface area contributed by atoms with Gasteiger partial charge in [0.1, 0.15) is 6.61 Å². The topological polar surface area (TPSA) is 46.6 Å². The van der Waals surface area contributed by atoms with Crippen LogP contribution < -0.4 is 0 Å². The molecule has 1 saturated heterocycles. The Labute approximate surface area is 91.7 Å². The predicted octanol–water partition coefficient (Wildman–Crippen LogP) is 1.77. The number of carbonyl (C=O) groups excluding carboxylic acids is 2. The first kappa shape index (κ1) is 11.5. The maximum Gasteiger partial charge on any atom is 0.416 e. The highest BCUT2D eigenvalue weighted by Gasteiger charge is 2.29. The molecule has 14 heavy (non-hydrogen) atoms. The summed E-state index contributed by atoms with van der Waals surface area (Å²) in [6.07, 6.45) is -0.133. The number of amides is 2. The van der Waals surface area contributed by atoms with Crippen molar-refractivity contribution in [1.82, 2.24) is 4.90 Å². The highest BCUT2D eigenvalue weighted by Crippen LogP contribution is 2.17. The largest absolute Gasteiger partial charge is 0.447 e. The van der Waals surface area contributed by atoms with Gasteiger partial charge in [0.25, 0.3) is 0 Å². The van der Waals surface area contributed by atoms with Crippen molar-refractivity contribution < 1.29 is 14.3 Å². The van der Waals surface area contributed by atoms with Gasteiger partial charge in [0.05, 0.1) is 6.54 Å². The molecule has 1 rings (SSSR count). The third-order valence-corrected chi connectivity index (χ3v) is 3.25. The summed E-state index contributed by atoms with van der Waals surface area (Å²) in [6.45, 7) is 4.67. The van der Waals surface area contributed by atoms with Crippen LogP contribution in [0.2, 0.25) is 0 Å². The van der Waals surface area contributed by atoms with Crippen LogP contribution in [-0.4, -0.2) is 34.9 Å². The number of halogens is 1. The van der Waals surface area contributed by atoms with E-state index in [0.29, 0.717) is 19.6 Å². The van der Waals surface area contributed by atoms with E-state index >= 15 is 0 Å². The molecule has 0 bridgehead atoms. The second kappa shape index (κ2) is 4.77. The molecule has 0 N–H and O–H groups in total. The number of rotatable bonds is 3. The molecule has 2 atom stereocenters. The van der Waals surface area contributed by atoms with Crippen molar-refractivity contribution in [3.05, 3.63) is 0 Å². The smallest absolute Gasteiger partial charge is 0.416 e. The average Bonchev–Trinajstić information content (AvgIpc) is 2.51. The fourth-order valence-electron chi connectivity index (χ4n) is 1.17. The van der Waals surface area contributed by atoms with Crippen molar-refractivity contribution in [2.45, 2.75) is 25.1 Å². The van der Waals surface area contributed by atoms with E-state index in [1.165, 1.54) is 4.90 Å². The first-order chi connectivity index (χ1) is 6.52. The molecule has 0 saturated carbocycles. The molecule has 0 aromatic heterocycles. The molecule has 0 spiro atoms. The zero-order valence-corrected chi connectivity index (χ0v) is 9.91. The molecule has 1 aliphatic rings. The number of hydrogen-bond donors (Lipinski definition) is 0. The molecule has 5 heteroatoms. The van der Waals surface area contributed by atoms with Gasteiger partial charge in [-0.3, -0.25) is 4.79 Å². The Morgan fingerprint density at radius 2 is 2.29 bits per heavy atom. The summed E-state index contributed by atoms with van der Waals surface area (Å²) in [5, 5.41) is 0. The van der Waals surface area contributed by atoms with Crippen LogP contribution in [0.3, 0.4) is 0 Å². The van der Waals surface area contributed by atoms with Gasteiger partial charge in [0.2, 0.25) is 5.91 Å². The molecule has 1 heterocycles. The Kier molecular flexibility index (Phi) is 3.92. The van der Waals surface area contributed by atoms with Crippen LogP contribution in [-0.2, 0) is 9.53 Å². The summed E-state index contributed by atoms with van der Waals surface area (Å²) >= 11 is 3.41. The zero-order chi connectivity index (χ0) is 10.7. The second-order valence-corrected chi connectivity index (χ2v) is 4.96. The minimum absolute atomic E-state index is 0.147. The normalized spacial score (nSPS) is 20.5. The zero-order valence-electron chi connectivity index (χ0n) is 8.33. The average molecular weight is 264 g/mol. The van der Waals surface area contributed by atoms with E-state index in [1.54, 1.807) is 0 Å². The Bertz CT molecular complexity index is 242. The van der Waals surface area contributed by atoms with Gasteiger partial charge in [0.15, 0.2) is 0 Å². The Hall–Kier alpha value is -0.580. The summed E-state index contributed by atoms with van der Waals surface area (Å²) in [5.41, 5.74) is 0. The molecule has 2 amide bonds. The van der Waals surface area contributed by atoms with Gasteiger partial charge in [-0.2, -0.15) is 0 Å². The quantitative estimate of drug-likeness (QED) is 0.730. The van der Waals surface area contributed by atoms with Crippen molar-refractivity contribution in [3.63, 3.8) is 0 Å². The Morgan fingerprint density at radius 3 is 2.71 bits per heavy atom. The number of alkyl halides is 1. The summed E-state index contributed by atoms with van der Waals surface area (Å²) in [6, 6.07) is 0. The summed E-state index contributed by atoms with van der Waals surface area (Å²) in [7, 11) is 0. The fraction of sp³-hybridized carbons (Fsp3) is 0.778. The van der Waals surface area contributed by atoms with Gasteiger partial charge in [-0.05, 0) is 5.92 Å². The van der Waals surface area contributed by atoms with Crippen molar-refractivity contribution >= 4 is 27.9 Å². The number of carbonyl (C=O) groups is 2. The first-order valence-electron chi connectivity index (χ1n) is 4.63. The lowest BCUT2D eigenvalue weighted by molar-refractivity contribution is -0.128. The molecule has 0 aromatic rings. The van der Waals surface area contributed by atoms with Crippen LogP contribution in [0.25, 0.3) is 0 Å². The highest BCUT2D eigenvalue weighted by molar-refractivity contribution is 9.09. The lowest BCUT2D eigenvalue weighted by atomic mass is 10.0. The van der Waals surface area contributed by atoms with Crippen molar-refractivity contribution in [2.24, 2.45) is 5.92 Å². The number of ether oxygens (including phenoxy) is 1. The number of nitrogens with zero attached hydrogens (tertiary/aromatic N) is 1. The molecular weight excluding hydrogens is 250 g/mol. The van der Waals surface area contributed by atoms with Gasteiger partial charge in [-0.25, -0.2) is 9.69 Å². The van der Waals surface area contributed by atoms with Crippen molar-refractivity contribution in [3.8, 4) is 0 Å². The van der Waals surface area contributed by atoms with Crippen molar-refractivity contribution in [2.75, 3.05) is 13.2 Å². The minimum Gasteiger partial charge on any atom is -0.447 e. The Morgan fingerprint density at radius 1 is 1.64 bits per heavy atom. The predicted molar refractivity (Wildman–Crippen MR) is 55.2 cm³/mol. The highest BCUT2D eigenvalue weighted by atomic mass is 79.9. The summed E-state index contributed by atoms with van der Waals surface area (Å²) in [4.78, 5) is 24.1. The second-order valence-electron chi connectivity index (χ2n) is 3.52. The van der Waals surface area contributed by atoms with Crippen LogP contribution >= 0.6 is 15.9 Å². The molecule has 0 aromatic carbocycles. The molecule has 1 aliphatic heterocycles. The van der Waals surface area contributed by atoms with Crippen LogP contribution in [0.4, 0.5) is 4.79 Å². The standard InChI is InChI=1S/C9H14BrNO3/c1-6(7(2)10)5-8(12)11-3-4-14-9(11)13/h6-7H,3-5H2,1-2H3/t6-,7+/m1/s1. The maximum absolute atomic E-state index is 11.6. The summed E-state index contributed by atoms with van der Waals surface area (Å²) < 4.78 is 4.68. The van der Waals surface area contributed by atoms with Crippen LogP contribution in [0, 0.1) is 5.92 Å². The number of imide groups is 1. The lowest BCUT2D eigenvalue weighted by Gasteiger charge is -2.16. The van der Waals surface area contributed by atoms with Crippen LogP contribution in [0.15, 0.2) is 0 Å². The number of cyclic esters (lactones) is 1. The molecule has 80 valence electrons. The van der Waals surface area contributed by atoms with Gasteiger partial charge >= 0.3 is 6.09 Å². The molecular formula is C9H14BrNO3. The molecule has 0 aliphatic carbocycles. The first-order valence-corrected chi connectivity index (χ1v) is 5.55. The van der Waals surface area contributed by atoms with Gasteiger partial charge in [0, 0.05) is 11.2 Å². The monoisotopic (exact) mass is 263 g/mol. The fourth-order valence-corrected chi connectivity index (χ4v) is 1.35.